The summed E-state index contributed by atoms with van der Waals surface area (Å²) in [5.74, 6) is -0.931. The summed E-state index contributed by atoms with van der Waals surface area (Å²) in [5.41, 5.74) is 6.19. The van der Waals surface area contributed by atoms with Crippen molar-refractivity contribution >= 4 is 28.1 Å². The highest BCUT2D eigenvalue weighted by Gasteiger charge is 2.37. The second-order valence-electron chi connectivity index (χ2n) is 8.12. The average molecular weight is 406 g/mol. The predicted octanol–water partition coefficient (Wildman–Crippen LogP) is 5.91. The molecule has 4 aromatic rings. The lowest BCUT2D eigenvalue weighted by atomic mass is 9.84. The number of fused-ring (bicyclic) bond motifs is 3. The fourth-order valence-corrected chi connectivity index (χ4v) is 4.26. The molecule has 0 saturated carbocycles. The van der Waals surface area contributed by atoms with Gasteiger partial charge in [-0.2, -0.15) is 0 Å². The monoisotopic (exact) mass is 406 g/mol. The van der Waals surface area contributed by atoms with Crippen LogP contribution in [-0.4, -0.2) is 21.6 Å². The number of pyridine rings is 1. The molecule has 152 valence electrons. The largest absolute Gasteiger partial charge is 0.479 e. The van der Waals surface area contributed by atoms with Gasteiger partial charge < -0.3 is 10.4 Å². The summed E-state index contributed by atoms with van der Waals surface area (Å²) < 4.78 is 0. The quantitative estimate of drug-likeness (QED) is 0.444. The Morgan fingerprint density at radius 3 is 2.19 bits per heavy atom. The number of aryl methyl sites for hydroxylation is 1. The molecule has 0 amide bonds. The van der Waals surface area contributed by atoms with E-state index in [0.717, 1.165) is 50.1 Å². The molecule has 5 rings (SSSR count). The number of hydrogen-bond acceptors (Lipinski definition) is 3. The number of nitrogens with zero attached hydrogens (tertiary/aromatic N) is 1. The zero-order valence-corrected chi connectivity index (χ0v) is 17.4. The number of anilines is 1. The van der Waals surface area contributed by atoms with E-state index in [0.29, 0.717) is 0 Å². The van der Waals surface area contributed by atoms with E-state index < -0.39 is 11.5 Å². The van der Waals surface area contributed by atoms with Crippen LogP contribution < -0.4 is 5.32 Å². The van der Waals surface area contributed by atoms with Crippen LogP contribution in [-0.2, 0) is 4.79 Å². The van der Waals surface area contributed by atoms with Gasteiger partial charge in [-0.1, -0.05) is 72.8 Å². The molecular weight excluding hydrogens is 384 g/mol. The summed E-state index contributed by atoms with van der Waals surface area (Å²) >= 11 is 0. The number of hydrogen-bond donors (Lipinski definition) is 2. The van der Waals surface area contributed by atoms with Gasteiger partial charge in [-0.05, 0) is 48.3 Å². The minimum Gasteiger partial charge on any atom is -0.479 e. The molecule has 0 bridgehead atoms. The van der Waals surface area contributed by atoms with Crippen LogP contribution in [0, 0.1) is 6.92 Å². The van der Waals surface area contributed by atoms with Crippen LogP contribution >= 0.6 is 0 Å². The third-order valence-electron chi connectivity index (χ3n) is 5.83. The van der Waals surface area contributed by atoms with Gasteiger partial charge in [-0.25, -0.2) is 4.79 Å². The smallest absolute Gasteiger partial charge is 0.333 e. The van der Waals surface area contributed by atoms with Crippen LogP contribution in [0.3, 0.4) is 0 Å². The average Bonchev–Trinajstić information content (AvgIpc) is 2.79. The fraction of sp³-hybridized carbons (Fsp3) is 0.111. The van der Waals surface area contributed by atoms with Crippen molar-refractivity contribution in [3.05, 3.63) is 102 Å². The SMILES string of the molecule is Cc1cc(-c2ccccc2)c2ccc3c(c2n1)NC(C)(C(=O)O)C=C3c1ccccc1. The van der Waals surface area contributed by atoms with E-state index in [-0.39, 0.29) is 0 Å². The highest BCUT2D eigenvalue weighted by atomic mass is 16.4. The van der Waals surface area contributed by atoms with Crippen LogP contribution in [0.1, 0.15) is 23.7 Å². The number of carbonyl (C=O) groups is 1. The minimum atomic E-state index is -1.25. The minimum absolute atomic E-state index is 0.754. The first-order valence-corrected chi connectivity index (χ1v) is 10.3. The van der Waals surface area contributed by atoms with E-state index in [4.69, 9.17) is 4.98 Å². The molecule has 3 aromatic carbocycles. The normalized spacial score (nSPS) is 17.5. The maximum absolute atomic E-state index is 12.2. The topological polar surface area (TPSA) is 62.2 Å². The molecule has 0 aliphatic carbocycles. The van der Waals surface area contributed by atoms with E-state index >= 15 is 0 Å². The Morgan fingerprint density at radius 1 is 0.903 bits per heavy atom. The highest BCUT2D eigenvalue weighted by Crippen LogP contribution is 2.43. The second-order valence-corrected chi connectivity index (χ2v) is 8.12. The van der Waals surface area contributed by atoms with Crippen molar-refractivity contribution in [1.82, 2.24) is 4.98 Å². The molecule has 4 nitrogen and oxygen atoms in total. The van der Waals surface area contributed by atoms with Gasteiger partial charge in [0.1, 0.15) is 0 Å². The van der Waals surface area contributed by atoms with Crippen molar-refractivity contribution in [3.63, 3.8) is 0 Å². The first-order valence-electron chi connectivity index (χ1n) is 10.3. The Morgan fingerprint density at radius 2 is 1.55 bits per heavy atom. The number of aliphatic carboxylic acids is 1. The van der Waals surface area contributed by atoms with E-state index in [1.54, 1.807) is 13.0 Å². The van der Waals surface area contributed by atoms with E-state index in [9.17, 15) is 9.90 Å². The van der Waals surface area contributed by atoms with Crippen LogP contribution in [0.15, 0.2) is 84.9 Å². The summed E-state index contributed by atoms with van der Waals surface area (Å²) in [5, 5.41) is 14.3. The second kappa shape index (κ2) is 7.10. The molecule has 1 aliphatic rings. The number of aromatic nitrogens is 1. The highest BCUT2D eigenvalue weighted by molar-refractivity contribution is 6.09. The molecule has 0 fully saturated rings. The van der Waals surface area contributed by atoms with Gasteiger partial charge in [-0.3, -0.25) is 4.98 Å². The third-order valence-corrected chi connectivity index (χ3v) is 5.83. The molecule has 31 heavy (non-hydrogen) atoms. The summed E-state index contributed by atoms with van der Waals surface area (Å²) in [7, 11) is 0. The number of nitrogens with one attached hydrogen (secondary N) is 1. The van der Waals surface area contributed by atoms with Crippen molar-refractivity contribution in [2.45, 2.75) is 19.4 Å². The molecule has 1 aliphatic heterocycles. The van der Waals surface area contributed by atoms with Crippen LogP contribution in [0.4, 0.5) is 5.69 Å². The van der Waals surface area contributed by atoms with E-state index in [1.807, 2.05) is 55.5 Å². The van der Waals surface area contributed by atoms with Gasteiger partial charge in [0.2, 0.25) is 0 Å². The Labute approximate surface area is 180 Å². The van der Waals surface area contributed by atoms with Crippen molar-refractivity contribution < 1.29 is 9.90 Å². The molecule has 0 radical (unpaired) electrons. The van der Waals surface area contributed by atoms with Crippen LogP contribution in [0.5, 0.6) is 0 Å². The maximum atomic E-state index is 12.2. The number of benzene rings is 3. The summed E-state index contributed by atoms with van der Waals surface area (Å²) in [6.45, 7) is 3.66. The molecule has 1 unspecified atom stereocenters. The van der Waals surface area contributed by atoms with Gasteiger partial charge in [0.25, 0.3) is 0 Å². The lowest BCUT2D eigenvalue weighted by molar-refractivity contribution is -0.140. The van der Waals surface area contributed by atoms with E-state index in [1.165, 1.54) is 0 Å². The predicted molar refractivity (Wildman–Crippen MR) is 125 cm³/mol. The Balaban J connectivity index is 1.83. The molecule has 0 saturated heterocycles. The van der Waals surface area contributed by atoms with Crippen molar-refractivity contribution in [2.75, 3.05) is 5.32 Å². The molecule has 0 spiro atoms. The lowest BCUT2D eigenvalue weighted by Gasteiger charge is -2.33. The Hall–Kier alpha value is -3.92. The van der Waals surface area contributed by atoms with Gasteiger partial charge in [0.05, 0.1) is 11.2 Å². The zero-order chi connectivity index (χ0) is 21.6. The lowest BCUT2D eigenvalue weighted by Crippen LogP contribution is -2.43. The van der Waals surface area contributed by atoms with Crippen LogP contribution in [0.25, 0.3) is 27.6 Å². The van der Waals surface area contributed by atoms with E-state index in [2.05, 4.69) is 35.6 Å². The zero-order valence-electron chi connectivity index (χ0n) is 17.4. The Bertz CT molecular complexity index is 1340. The number of carboxylic acid groups (broad SMARTS) is 1. The summed E-state index contributed by atoms with van der Waals surface area (Å²) in [6, 6.07) is 26.3. The maximum Gasteiger partial charge on any atom is 0.333 e. The fourth-order valence-electron chi connectivity index (χ4n) is 4.26. The molecule has 1 atom stereocenters. The van der Waals surface area contributed by atoms with Gasteiger partial charge in [0, 0.05) is 16.6 Å². The number of carboxylic acids is 1. The van der Waals surface area contributed by atoms with Gasteiger partial charge >= 0.3 is 5.97 Å². The van der Waals surface area contributed by atoms with Gasteiger partial charge in [-0.15, -0.1) is 0 Å². The number of rotatable bonds is 3. The molecule has 1 aromatic heterocycles. The molecular formula is C27H22N2O2. The van der Waals surface area contributed by atoms with Crippen molar-refractivity contribution in [1.29, 1.82) is 0 Å². The first kappa shape index (κ1) is 19.1. The standard InChI is InChI=1S/C27H22N2O2/c1-17-15-22(18-9-5-3-6-10-18)20-13-14-21-23(19-11-7-4-8-12-19)16-27(2,26(30)31)29-25(21)24(20)28-17/h3-16,29H,1-2H3,(H,30,31). The van der Waals surface area contributed by atoms with Crippen molar-refractivity contribution in [3.8, 4) is 11.1 Å². The molecule has 4 heteroatoms. The molecule has 2 heterocycles. The first-order chi connectivity index (χ1) is 15.0. The molecule has 2 N–H and O–H groups in total. The van der Waals surface area contributed by atoms with Crippen molar-refractivity contribution in [2.24, 2.45) is 0 Å². The van der Waals surface area contributed by atoms with Gasteiger partial charge in [0.15, 0.2) is 5.54 Å². The Kier molecular flexibility index (Phi) is 4.36. The third kappa shape index (κ3) is 3.17. The summed E-state index contributed by atoms with van der Waals surface area (Å²) in [6.07, 6.45) is 1.80. The summed E-state index contributed by atoms with van der Waals surface area (Å²) in [4.78, 5) is 17.1. The van der Waals surface area contributed by atoms with Crippen LogP contribution in [0.2, 0.25) is 0 Å².